The third-order valence-electron chi connectivity index (χ3n) is 5.51. The number of aliphatic hydroxyl groups is 1. The van der Waals surface area contributed by atoms with Crippen LogP contribution in [-0.2, 0) is 13.0 Å². The summed E-state index contributed by atoms with van der Waals surface area (Å²) in [6.07, 6.45) is 8.41. The summed E-state index contributed by atoms with van der Waals surface area (Å²) in [5.74, 6) is 0.514. The van der Waals surface area contributed by atoms with Crippen LogP contribution in [0, 0.1) is 5.92 Å². The Hall–Kier alpha value is -0.860. The lowest BCUT2D eigenvalue weighted by atomic mass is 9.87. The lowest BCUT2D eigenvalue weighted by Gasteiger charge is -2.40. The van der Waals surface area contributed by atoms with Crippen molar-refractivity contribution in [3.05, 3.63) is 35.4 Å². The topological polar surface area (TPSA) is 23.5 Å². The van der Waals surface area contributed by atoms with Gasteiger partial charge in [-0.2, -0.15) is 0 Å². The Morgan fingerprint density at radius 3 is 2.43 bits per heavy atom. The minimum Gasteiger partial charge on any atom is -0.393 e. The van der Waals surface area contributed by atoms with Gasteiger partial charge in [-0.3, -0.25) is 4.90 Å². The number of aryl methyl sites for hydroxylation is 1. The Bertz CT molecular complexity index is 441. The van der Waals surface area contributed by atoms with E-state index in [1.54, 1.807) is 0 Å². The second-order valence-electron chi connectivity index (χ2n) is 6.87. The highest BCUT2D eigenvalue weighted by Gasteiger charge is 2.36. The highest BCUT2D eigenvalue weighted by atomic mass is 16.3. The van der Waals surface area contributed by atoms with Crippen LogP contribution < -0.4 is 0 Å². The minimum atomic E-state index is -0.0573. The van der Waals surface area contributed by atoms with Crippen LogP contribution in [0.15, 0.2) is 24.3 Å². The number of hydrogen-bond donors (Lipinski definition) is 1. The van der Waals surface area contributed by atoms with Crippen LogP contribution >= 0.6 is 0 Å². The van der Waals surface area contributed by atoms with Crippen molar-refractivity contribution in [1.29, 1.82) is 0 Å². The van der Waals surface area contributed by atoms with Gasteiger partial charge in [-0.05, 0) is 49.8 Å². The smallest absolute Gasteiger partial charge is 0.0583 e. The molecule has 2 heteroatoms. The van der Waals surface area contributed by atoms with Gasteiger partial charge in [-0.1, -0.05) is 44.0 Å². The van der Waals surface area contributed by atoms with E-state index in [9.17, 15) is 5.11 Å². The van der Waals surface area contributed by atoms with Crippen molar-refractivity contribution >= 4 is 0 Å². The van der Waals surface area contributed by atoms with E-state index in [1.165, 1.54) is 49.8 Å². The summed E-state index contributed by atoms with van der Waals surface area (Å²) in [7, 11) is 0. The maximum Gasteiger partial charge on any atom is 0.0583 e. The molecule has 0 aromatic heterocycles. The zero-order valence-corrected chi connectivity index (χ0v) is 13.3. The molecule has 3 atom stereocenters. The summed E-state index contributed by atoms with van der Waals surface area (Å²) in [6.45, 7) is 4.46. The highest BCUT2D eigenvalue weighted by Crippen LogP contribution is 2.35. The van der Waals surface area contributed by atoms with Crippen molar-refractivity contribution in [1.82, 2.24) is 4.90 Å². The van der Waals surface area contributed by atoms with E-state index in [1.807, 2.05) is 0 Å². The standard InChI is InChI=1S/C19H29NO/c1-2-15-9-11-16(12-10-15)14-20-13-4-3-7-18(20)17-6-5-8-19(17)21/h9-12,17-19,21H,2-8,13-14H2,1H3. The number of benzene rings is 1. The number of piperidine rings is 1. The average molecular weight is 287 g/mol. The van der Waals surface area contributed by atoms with E-state index in [-0.39, 0.29) is 6.10 Å². The molecule has 1 saturated heterocycles. The summed E-state index contributed by atoms with van der Waals surface area (Å²) in [5, 5.41) is 10.3. The van der Waals surface area contributed by atoms with Crippen LogP contribution in [0.3, 0.4) is 0 Å². The van der Waals surface area contributed by atoms with Crippen LogP contribution in [0.5, 0.6) is 0 Å². The molecule has 2 aliphatic rings. The molecule has 1 aromatic carbocycles. The number of aliphatic hydroxyl groups excluding tert-OH is 1. The minimum absolute atomic E-state index is 0.0573. The van der Waals surface area contributed by atoms with Gasteiger partial charge in [0, 0.05) is 18.5 Å². The monoisotopic (exact) mass is 287 g/mol. The maximum atomic E-state index is 10.3. The van der Waals surface area contributed by atoms with E-state index in [4.69, 9.17) is 0 Å². The molecule has 1 aliphatic carbocycles. The van der Waals surface area contributed by atoms with Crippen molar-refractivity contribution in [3.8, 4) is 0 Å². The predicted octanol–water partition coefficient (Wildman–Crippen LogP) is 3.76. The molecule has 0 spiro atoms. The lowest BCUT2D eigenvalue weighted by Crippen LogP contribution is -2.45. The summed E-state index contributed by atoms with van der Waals surface area (Å²) in [5.41, 5.74) is 2.84. The average Bonchev–Trinajstić information content (AvgIpc) is 2.95. The van der Waals surface area contributed by atoms with Gasteiger partial charge in [0.1, 0.15) is 0 Å². The maximum absolute atomic E-state index is 10.3. The van der Waals surface area contributed by atoms with Crippen LogP contribution in [0.1, 0.15) is 56.6 Å². The van der Waals surface area contributed by atoms with Gasteiger partial charge in [0.05, 0.1) is 6.10 Å². The predicted molar refractivity (Wildman–Crippen MR) is 87.2 cm³/mol. The van der Waals surface area contributed by atoms with Crippen LogP contribution in [0.4, 0.5) is 0 Å². The molecular formula is C19H29NO. The summed E-state index contributed by atoms with van der Waals surface area (Å²) in [6, 6.07) is 9.70. The van der Waals surface area contributed by atoms with Gasteiger partial charge in [0.2, 0.25) is 0 Å². The van der Waals surface area contributed by atoms with Crippen molar-refractivity contribution in [2.24, 2.45) is 5.92 Å². The van der Waals surface area contributed by atoms with E-state index >= 15 is 0 Å². The van der Waals surface area contributed by atoms with E-state index in [0.717, 1.165) is 19.4 Å². The molecule has 1 heterocycles. The first-order chi connectivity index (χ1) is 10.3. The third-order valence-corrected chi connectivity index (χ3v) is 5.51. The Balaban J connectivity index is 1.68. The molecule has 0 radical (unpaired) electrons. The fourth-order valence-electron chi connectivity index (χ4n) is 4.23. The zero-order chi connectivity index (χ0) is 14.7. The summed E-state index contributed by atoms with van der Waals surface area (Å²) >= 11 is 0. The SMILES string of the molecule is CCc1ccc(CN2CCCCC2C2CCCC2O)cc1. The van der Waals surface area contributed by atoms with E-state index in [0.29, 0.717) is 12.0 Å². The molecule has 1 aromatic rings. The second kappa shape index (κ2) is 6.93. The van der Waals surface area contributed by atoms with Gasteiger partial charge < -0.3 is 5.11 Å². The number of hydrogen-bond acceptors (Lipinski definition) is 2. The third kappa shape index (κ3) is 3.49. The van der Waals surface area contributed by atoms with Crippen molar-refractivity contribution in [3.63, 3.8) is 0 Å². The van der Waals surface area contributed by atoms with Gasteiger partial charge >= 0.3 is 0 Å². The molecule has 21 heavy (non-hydrogen) atoms. The van der Waals surface area contributed by atoms with E-state index in [2.05, 4.69) is 36.1 Å². The molecule has 1 aliphatic heterocycles. The van der Waals surface area contributed by atoms with Crippen LogP contribution in [0.2, 0.25) is 0 Å². The first-order valence-electron chi connectivity index (χ1n) is 8.78. The van der Waals surface area contributed by atoms with Gasteiger partial charge in [0.15, 0.2) is 0 Å². The number of likely N-dealkylation sites (tertiary alicyclic amines) is 1. The molecule has 1 saturated carbocycles. The lowest BCUT2D eigenvalue weighted by molar-refractivity contribution is 0.0313. The Morgan fingerprint density at radius 2 is 1.76 bits per heavy atom. The number of rotatable bonds is 4. The first kappa shape index (κ1) is 15.1. The van der Waals surface area contributed by atoms with Gasteiger partial charge in [-0.15, -0.1) is 0 Å². The molecule has 2 fully saturated rings. The van der Waals surface area contributed by atoms with Gasteiger partial charge in [-0.25, -0.2) is 0 Å². The fraction of sp³-hybridized carbons (Fsp3) is 0.684. The Morgan fingerprint density at radius 1 is 1.00 bits per heavy atom. The molecule has 116 valence electrons. The van der Waals surface area contributed by atoms with Crippen LogP contribution in [0.25, 0.3) is 0 Å². The second-order valence-corrected chi connectivity index (χ2v) is 6.87. The molecule has 0 amide bonds. The van der Waals surface area contributed by atoms with Crippen molar-refractivity contribution in [2.75, 3.05) is 6.54 Å². The molecule has 2 nitrogen and oxygen atoms in total. The summed E-state index contributed by atoms with van der Waals surface area (Å²) in [4.78, 5) is 2.64. The molecular weight excluding hydrogens is 258 g/mol. The van der Waals surface area contributed by atoms with Crippen molar-refractivity contribution in [2.45, 2.75) is 70.6 Å². The summed E-state index contributed by atoms with van der Waals surface area (Å²) < 4.78 is 0. The zero-order valence-electron chi connectivity index (χ0n) is 13.3. The normalized spacial score (nSPS) is 30.7. The fourth-order valence-corrected chi connectivity index (χ4v) is 4.23. The molecule has 3 rings (SSSR count). The molecule has 0 bridgehead atoms. The molecule has 1 N–H and O–H groups in total. The van der Waals surface area contributed by atoms with Gasteiger partial charge in [0.25, 0.3) is 0 Å². The van der Waals surface area contributed by atoms with Crippen LogP contribution in [-0.4, -0.2) is 28.7 Å². The van der Waals surface area contributed by atoms with Crippen molar-refractivity contribution < 1.29 is 5.11 Å². The first-order valence-corrected chi connectivity index (χ1v) is 8.78. The number of nitrogens with zero attached hydrogens (tertiary/aromatic N) is 1. The van der Waals surface area contributed by atoms with E-state index < -0.39 is 0 Å². The Labute approximate surface area is 129 Å². The highest BCUT2D eigenvalue weighted by molar-refractivity contribution is 5.22. The largest absolute Gasteiger partial charge is 0.393 e. The molecule has 3 unspecified atom stereocenters. The Kier molecular flexibility index (Phi) is 4.97. The quantitative estimate of drug-likeness (QED) is 0.911.